The minimum Gasteiger partial charge on any atom is -0.469 e. The largest absolute Gasteiger partial charge is 0.469 e. The molecule has 2 atom stereocenters. The molecule has 1 N–H and O–H groups in total. The molecule has 20 heavy (non-hydrogen) atoms. The minimum absolute atomic E-state index is 0.0351. The molecule has 2 aliphatic heterocycles. The molecule has 1 fully saturated rings. The maximum Gasteiger partial charge on any atom is 0.310 e. The summed E-state index contributed by atoms with van der Waals surface area (Å²) < 4.78 is 4.99. The summed E-state index contributed by atoms with van der Waals surface area (Å²) in [6.07, 6.45) is 1.95. The van der Waals surface area contributed by atoms with E-state index in [1.807, 2.05) is 0 Å². The average molecular weight is 270 g/mol. The zero-order valence-corrected chi connectivity index (χ0v) is 11.6. The first-order valence-corrected chi connectivity index (χ1v) is 7.21. The fourth-order valence-corrected chi connectivity index (χ4v) is 3.89. The lowest BCUT2D eigenvalue weighted by atomic mass is 9.91. The molecule has 0 aliphatic carbocycles. The van der Waals surface area contributed by atoms with Gasteiger partial charge in [0.15, 0.2) is 0 Å². The zero-order valence-electron chi connectivity index (χ0n) is 11.6. The van der Waals surface area contributed by atoms with Crippen LogP contribution in [0.3, 0.4) is 0 Å². The Morgan fingerprint density at radius 3 is 3.05 bits per heavy atom. The normalized spacial score (nSPS) is 25.4. The van der Waals surface area contributed by atoms with Crippen LogP contribution >= 0.6 is 0 Å². The van der Waals surface area contributed by atoms with E-state index in [0.29, 0.717) is 0 Å². The molecule has 0 bridgehead atoms. The van der Waals surface area contributed by atoms with Crippen LogP contribution in [0, 0.1) is 5.92 Å². The lowest BCUT2D eigenvalue weighted by Crippen LogP contribution is -2.34. The lowest BCUT2D eigenvalue weighted by molar-refractivity contribution is -0.146. The Morgan fingerprint density at radius 1 is 1.35 bits per heavy atom. The third-order valence-electron chi connectivity index (χ3n) is 4.80. The summed E-state index contributed by atoms with van der Waals surface area (Å²) in [6.45, 7) is 2.02. The molecular weight excluding hydrogens is 252 g/mol. The van der Waals surface area contributed by atoms with Crippen LogP contribution in [0.25, 0.3) is 10.9 Å². The predicted octanol–water partition coefficient (Wildman–Crippen LogP) is 2.26. The Morgan fingerprint density at radius 2 is 2.20 bits per heavy atom. The number of methoxy groups -OCH3 is 1. The molecule has 0 saturated carbocycles. The Bertz CT molecular complexity index is 676. The van der Waals surface area contributed by atoms with E-state index in [9.17, 15) is 4.79 Å². The van der Waals surface area contributed by atoms with Gasteiger partial charge in [-0.3, -0.25) is 9.69 Å². The van der Waals surface area contributed by atoms with E-state index in [2.05, 4.69) is 34.1 Å². The standard InChI is InChI=1S/C16H18N2O2/c1-20-16(19)12-7-9-18-8-6-11-10-4-2-3-5-13(10)17-14(11)15(12)18/h2-5,12,15,17H,6-9H2,1H3/t12-,15+/m0/s1. The number of benzene rings is 1. The highest BCUT2D eigenvalue weighted by Gasteiger charge is 2.44. The van der Waals surface area contributed by atoms with Crippen molar-refractivity contribution in [3.05, 3.63) is 35.5 Å². The number of para-hydroxylation sites is 1. The number of nitrogens with zero attached hydrogens (tertiary/aromatic N) is 1. The molecule has 1 aromatic carbocycles. The molecule has 0 spiro atoms. The van der Waals surface area contributed by atoms with Gasteiger partial charge < -0.3 is 9.72 Å². The molecule has 0 unspecified atom stereocenters. The molecule has 1 aromatic heterocycles. The number of carbonyl (C=O) groups is 1. The van der Waals surface area contributed by atoms with Gasteiger partial charge in [0, 0.05) is 23.1 Å². The second kappa shape index (κ2) is 4.35. The van der Waals surface area contributed by atoms with E-state index in [1.165, 1.54) is 29.3 Å². The van der Waals surface area contributed by atoms with E-state index >= 15 is 0 Å². The van der Waals surface area contributed by atoms with Gasteiger partial charge >= 0.3 is 5.97 Å². The van der Waals surface area contributed by atoms with Gasteiger partial charge in [-0.15, -0.1) is 0 Å². The second-order valence-corrected chi connectivity index (χ2v) is 5.71. The Hall–Kier alpha value is -1.81. The molecule has 0 radical (unpaired) electrons. The number of aromatic amines is 1. The number of fused-ring (bicyclic) bond motifs is 5. The molecule has 4 heteroatoms. The lowest BCUT2D eigenvalue weighted by Gasteiger charge is -2.31. The van der Waals surface area contributed by atoms with Crippen molar-refractivity contribution < 1.29 is 9.53 Å². The number of esters is 1. The van der Waals surface area contributed by atoms with Gasteiger partial charge in [-0.1, -0.05) is 18.2 Å². The SMILES string of the molecule is COC(=O)[C@H]1CCN2CCc3c([nH]c4ccccc34)[C@@H]12. The van der Waals surface area contributed by atoms with Crippen LogP contribution in [0.15, 0.2) is 24.3 Å². The summed E-state index contributed by atoms with van der Waals surface area (Å²) in [4.78, 5) is 18.0. The van der Waals surface area contributed by atoms with Crippen molar-refractivity contribution in [3.8, 4) is 0 Å². The Kier molecular flexibility index (Phi) is 2.60. The van der Waals surface area contributed by atoms with Crippen molar-refractivity contribution in [3.63, 3.8) is 0 Å². The number of nitrogens with one attached hydrogen (secondary N) is 1. The van der Waals surface area contributed by atoms with E-state index < -0.39 is 0 Å². The summed E-state index contributed by atoms with van der Waals surface area (Å²) in [6, 6.07) is 8.57. The fraction of sp³-hybridized carbons (Fsp3) is 0.438. The average Bonchev–Trinajstić information content (AvgIpc) is 3.07. The summed E-state index contributed by atoms with van der Waals surface area (Å²) in [5, 5.41) is 1.30. The van der Waals surface area contributed by atoms with Crippen molar-refractivity contribution in [2.45, 2.75) is 18.9 Å². The number of hydrogen-bond donors (Lipinski definition) is 1. The second-order valence-electron chi connectivity index (χ2n) is 5.71. The van der Waals surface area contributed by atoms with Crippen LogP contribution < -0.4 is 0 Å². The quantitative estimate of drug-likeness (QED) is 0.808. The maximum atomic E-state index is 12.0. The van der Waals surface area contributed by atoms with Crippen LogP contribution in [-0.2, 0) is 16.0 Å². The molecule has 1 saturated heterocycles. The third kappa shape index (κ3) is 1.54. The van der Waals surface area contributed by atoms with Gasteiger partial charge in [0.25, 0.3) is 0 Å². The van der Waals surface area contributed by atoms with Crippen LogP contribution in [-0.4, -0.2) is 36.1 Å². The van der Waals surface area contributed by atoms with Crippen LogP contribution in [0.4, 0.5) is 0 Å². The molecule has 2 aromatic rings. The number of carbonyl (C=O) groups excluding carboxylic acids is 1. The highest BCUT2D eigenvalue weighted by atomic mass is 16.5. The van der Waals surface area contributed by atoms with Crippen LogP contribution in [0.5, 0.6) is 0 Å². The first kappa shape index (κ1) is 12.0. The number of hydrogen-bond acceptors (Lipinski definition) is 3. The number of ether oxygens (including phenoxy) is 1. The van der Waals surface area contributed by atoms with Crippen molar-refractivity contribution in [1.29, 1.82) is 0 Å². The van der Waals surface area contributed by atoms with Crippen molar-refractivity contribution >= 4 is 16.9 Å². The monoisotopic (exact) mass is 270 g/mol. The highest BCUT2D eigenvalue weighted by Crippen LogP contribution is 2.43. The molecule has 3 heterocycles. The van der Waals surface area contributed by atoms with Gasteiger partial charge in [-0.25, -0.2) is 0 Å². The number of rotatable bonds is 1. The highest BCUT2D eigenvalue weighted by molar-refractivity contribution is 5.85. The summed E-state index contributed by atoms with van der Waals surface area (Å²) in [5.41, 5.74) is 3.79. The van der Waals surface area contributed by atoms with Gasteiger partial charge in [-0.2, -0.15) is 0 Å². The van der Waals surface area contributed by atoms with E-state index in [4.69, 9.17) is 4.74 Å². The van der Waals surface area contributed by atoms with E-state index in [-0.39, 0.29) is 17.9 Å². The topological polar surface area (TPSA) is 45.3 Å². The van der Waals surface area contributed by atoms with Crippen LogP contribution in [0.2, 0.25) is 0 Å². The molecule has 4 rings (SSSR count). The van der Waals surface area contributed by atoms with Crippen molar-refractivity contribution in [2.75, 3.05) is 20.2 Å². The minimum atomic E-state index is -0.0796. The predicted molar refractivity (Wildman–Crippen MR) is 76.4 cm³/mol. The Balaban J connectivity index is 1.85. The summed E-state index contributed by atoms with van der Waals surface area (Å²) in [5.74, 6) is -0.115. The summed E-state index contributed by atoms with van der Waals surface area (Å²) >= 11 is 0. The third-order valence-corrected chi connectivity index (χ3v) is 4.80. The molecule has 104 valence electrons. The maximum absolute atomic E-state index is 12.0. The molecular formula is C16H18N2O2. The first-order chi connectivity index (χ1) is 9.79. The van der Waals surface area contributed by atoms with Crippen molar-refractivity contribution in [2.24, 2.45) is 5.92 Å². The fourth-order valence-electron chi connectivity index (χ4n) is 3.89. The van der Waals surface area contributed by atoms with E-state index in [0.717, 1.165) is 25.9 Å². The number of aromatic nitrogens is 1. The van der Waals surface area contributed by atoms with Gasteiger partial charge in [0.05, 0.1) is 19.1 Å². The van der Waals surface area contributed by atoms with Crippen LogP contribution in [0.1, 0.15) is 23.7 Å². The zero-order chi connectivity index (χ0) is 13.7. The van der Waals surface area contributed by atoms with Gasteiger partial charge in [0.2, 0.25) is 0 Å². The van der Waals surface area contributed by atoms with Gasteiger partial charge in [0.1, 0.15) is 0 Å². The first-order valence-electron chi connectivity index (χ1n) is 7.21. The number of H-pyrrole nitrogens is 1. The molecule has 4 nitrogen and oxygen atoms in total. The summed E-state index contributed by atoms with van der Waals surface area (Å²) in [7, 11) is 1.49. The van der Waals surface area contributed by atoms with Gasteiger partial charge in [-0.05, 0) is 31.0 Å². The molecule has 0 amide bonds. The Labute approximate surface area is 117 Å². The van der Waals surface area contributed by atoms with Crippen molar-refractivity contribution in [1.82, 2.24) is 9.88 Å². The molecule has 2 aliphatic rings. The smallest absolute Gasteiger partial charge is 0.310 e. The van der Waals surface area contributed by atoms with E-state index in [1.54, 1.807) is 0 Å².